The fourth-order valence-electron chi connectivity index (χ4n) is 2.09. The number of carbonyl (C=O) groups excluding carboxylic acids is 1. The van der Waals surface area contributed by atoms with Crippen molar-refractivity contribution in [3.05, 3.63) is 55.3 Å². The van der Waals surface area contributed by atoms with Crippen molar-refractivity contribution in [1.29, 1.82) is 0 Å². The van der Waals surface area contributed by atoms with E-state index in [9.17, 15) is 14.9 Å². The molecule has 0 radical (unpaired) electrons. The quantitative estimate of drug-likeness (QED) is 0.646. The Balaban J connectivity index is 2.14. The van der Waals surface area contributed by atoms with E-state index in [0.29, 0.717) is 13.2 Å². The highest BCUT2D eigenvalue weighted by atomic mass is 32.1. The second-order valence-electron chi connectivity index (χ2n) is 5.00. The summed E-state index contributed by atoms with van der Waals surface area (Å²) in [6.07, 6.45) is 0. The van der Waals surface area contributed by atoms with Gasteiger partial charge in [0.2, 0.25) is 0 Å². The Labute approximate surface area is 138 Å². The van der Waals surface area contributed by atoms with Crippen molar-refractivity contribution < 1.29 is 14.5 Å². The Bertz CT molecular complexity index is 740. The van der Waals surface area contributed by atoms with E-state index >= 15 is 0 Å². The van der Waals surface area contributed by atoms with Gasteiger partial charge in [0.25, 0.3) is 5.91 Å². The molecule has 122 valence electrons. The summed E-state index contributed by atoms with van der Waals surface area (Å²) in [6, 6.07) is 4.22. The van der Waals surface area contributed by atoms with Crippen LogP contribution in [0.1, 0.15) is 33.3 Å². The zero-order valence-corrected chi connectivity index (χ0v) is 14.0. The highest BCUT2D eigenvalue weighted by Gasteiger charge is 2.18. The van der Waals surface area contributed by atoms with Crippen LogP contribution in [0, 0.1) is 24.0 Å². The van der Waals surface area contributed by atoms with E-state index in [4.69, 9.17) is 4.74 Å². The minimum Gasteiger partial charge on any atom is -0.487 e. The van der Waals surface area contributed by atoms with Crippen LogP contribution in [0.25, 0.3) is 0 Å². The molecule has 1 N–H and O–H groups in total. The van der Waals surface area contributed by atoms with Gasteiger partial charge < -0.3 is 10.1 Å². The number of hydrogen-bond donors (Lipinski definition) is 1. The molecular weight excluding hydrogens is 316 g/mol. The summed E-state index contributed by atoms with van der Waals surface area (Å²) >= 11 is 1.64. The van der Waals surface area contributed by atoms with Gasteiger partial charge in [-0.2, -0.15) is 0 Å². The van der Waals surface area contributed by atoms with Crippen LogP contribution in [-0.2, 0) is 6.54 Å². The molecule has 6 nitrogen and oxygen atoms in total. The maximum Gasteiger partial charge on any atom is 0.311 e. The Morgan fingerprint density at radius 3 is 2.70 bits per heavy atom. The summed E-state index contributed by atoms with van der Waals surface area (Å²) in [4.78, 5) is 24.0. The third-order valence-electron chi connectivity index (χ3n) is 3.54. The first-order valence-corrected chi connectivity index (χ1v) is 8.05. The molecule has 1 heterocycles. The summed E-state index contributed by atoms with van der Waals surface area (Å²) < 4.78 is 5.21. The maximum atomic E-state index is 12.2. The van der Waals surface area contributed by atoms with Crippen molar-refractivity contribution in [1.82, 2.24) is 5.32 Å². The van der Waals surface area contributed by atoms with Gasteiger partial charge in [0, 0.05) is 23.1 Å². The van der Waals surface area contributed by atoms with Crippen LogP contribution in [0.3, 0.4) is 0 Å². The maximum absolute atomic E-state index is 12.2. The Morgan fingerprint density at radius 2 is 2.13 bits per heavy atom. The number of ether oxygens (including phenoxy) is 1. The molecule has 0 saturated carbocycles. The van der Waals surface area contributed by atoms with Crippen molar-refractivity contribution in [3.63, 3.8) is 0 Å². The van der Waals surface area contributed by atoms with Crippen LogP contribution in [0.5, 0.6) is 5.75 Å². The Kier molecular flexibility index (Phi) is 5.33. The highest BCUT2D eigenvalue weighted by Crippen LogP contribution is 2.28. The zero-order chi connectivity index (χ0) is 17.0. The lowest BCUT2D eigenvalue weighted by atomic mass is 10.1. The molecule has 7 heteroatoms. The molecule has 0 bridgehead atoms. The van der Waals surface area contributed by atoms with Crippen molar-refractivity contribution >= 4 is 22.9 Å². The van der Waals surface area contributed by atoms with Crippen LogP contribution in [-0.4, -0.2) is 17.4 Å². The van der Waals surface area contributed by atoms with E-state index in [0.717, 1.165) is 11.1 Å². The fourth-order valence-corrected chi connectivity index (χ4v) is 2.98. The molecule has 2 aromatic rings. The molecule has 0 aliphatic carbocycles. The van der Waals surface area contributed by atoms with Crippen molar-refractivity contribution in [3.8, 4) is 5.75 Å². The number of aryl methyl sites for hydroxylation is 1. The first kappa shape index (κ1) is 17.0. The standard InChI is InChI=1S/C16H18N2O4S/c1-4-22-15-6-5-12(7-14(15)18(20)21)16(19)17-8-13-9-23-11(3)10(13)2/h5-7,9H,4,8H2,1-3H3,(H,17,19). The van der Waals surface area contributed by atoms with Gasteiger partial charge in [0.1, 0.15) is 0 Å². The van der Waals surface area contributed by atoms with E-state index in [1.807, 2.05) is 19.2 Å². The van der Waals surface area contributed by atoms with Crippen LogP contribution in [0.15, 0.2) is 23.6 Å². The number of nitrogens with one attached hydrogen (secondary N) is 1. The molecule has 0 aliphatic rings. The van der Waals surface area contributed by atoms with Gasteiger partial charge in [-0.1, -0.05) is 0 Å². The normalized spacial score (nSPS) is 10.4. The number of nitro groups is 1. The van der Waals surface area contributed by atoms with E-state index in [-0.39, 0.29) is 22.9 Å². The lowest BCUT2D eigenvalue weighted by Crippen LogP contribution is -2.23. The summed E-state index contributed by atoms with van der Waals surface area (Å²) in [6.45, 7) is 6.50. The smallest absolute Gasteiger partial charge is 0.311 e. The van der Waals surface area contributed by atoms with Gasteiger partial charge in [0.15, 0.2) is 5.75 Å². The number of nitrogens with zero attached hydrogens (tertiary/aromatic N) is 1. The van der Waals surface area contributed by atoms with Crippen LogP contribution < -0.4 is 10.1 Å². The molecule has 0 spiro atoms. The number of carbonyl (C=O) groups is 1. The predicted octanol–water partition coefficient (Wildman–Crippen LogP) is 3.60. The fraction of sp³-hybridized carbons (Fsp3) is 0.312. The summed E-state index contributed by atoms with van der Waals surface area (Å²) in [5.74, 6) is -0.183. The number of amides is 1. The largest absolute Gasteiger partial charge is 0.487 e. The molecule has 1 aromatic heterocycles. The molecular formula is C16H18N2O4S. The molecule has 2 rings (SSSR count). The van der Waals surface area contributed by atoms with Gasteiger partial charge in [-0.3, -0.25) is 14.9 Å². The average Bonchev–Trinajstić information content (AvgIpc) is 2.84. The molecule has 0 fully saturated rings. The second kappa shape index (κ2) is 7.23. The van der Waals surface area contributed by atoms with Gasteiger partial charge in [-0.25, -0.2) is 0 Å². The number of benzene rings is 1. The average molecular weight is 334 g/mol. The van der Waals surface area contributed by atoms with Gasteiger partial charge >= 0.3 is 5.69 Å². The van der Waals surface area contributed by atoms with Crippen LogP contribution in [0.2, 0.25) is 0 Å². The zero-order valence-electron chi connectivity index (χ0n) is 13.2. The van der Waals surface area contributed by atoms with Gasteiger partial charge in [0.05, 0.1) is 11.5 Å². The molecule has 0 aliphatic heterocycles. The third kappa shape index (κ3) is 3.87. The van der Waals surface area contributed by atoms with E-state index in [1.165, 1.54) is 23.1 Å². The van der Waals surface area contributed by atoms with Crippen LogP contribution in [0.4, 0.5) is 5.69 Å². The van der Waals surface area contributed by atoms with E-state index in [1.54, 1.807) is 18.3 Å². The Hall–Kier alpha value is -2.41. The Morgan fingerprint density at radius 1 is 1.39 bits per heavy atom. The first-order valence-electron chi connectivity index (χ1n) is 7.17. The topological polar surface area (TPSA) is 81.5 Å². The molecule has 0 atom stereocenters. The minimum atomic E-state index is -0.547. The molecule has 0 unspecified atom stereocenters. The van der Waals surface area contributed by atoms with Gasteiger partial charge in [-0.05, 0) is 49.4 Å². The third-order valence-corrected chi connectivity index (χ3v) is 4.61. The molecule has 0 saturated heterocycles. The van der Waals surface area contributed by atoms with Crippen molar-refractivity contribution in [2.45, 2.75) is 27.3 Å². The lowest BCUT2D eigenvalue weighted by Gasteiger charge is -2.08. The van der Waals surface area contributed by atoms with Gasteiger partial charge in [-0.15, -0.1) is 11.3 Å². The first-order chi connectivity index (χ1) is 10.9. The summed E-state index contributed by atoms with van der Waals surface area (Å²) in [7, 11) is 0. The number of hydrogen-bond acceptors (Lipinski definition) is 5. The summed E-state index contributed by atoms with van der Waals surface area (Å²) in [5.41, 5.74) is 2.25. The second-order valence-corrected chi connectivity index (χ2v) is 6.08. The summed E-state index contributed by atoms with van der Waals surface area (Å²) in [5, 5.41) is 15.9. The molecule has 1 amide bonds. The SMILES string of the molecule is CCOc1ccc(C(=O)NCc2csc(C)c2C)cc1[N+](=O)[O-]. The van der Waals surface area contributed by atoms with Crippen molar-refractivity contribution in [2.75, 3.05) is 6.61 Å². The minimum absolute atomic E-state index is 0.165. The molecule has 1 aromatic carbocycles. The molecule has 23 heavy (non-hydrogen) atoms. The number of thiophene rings is 1. The van der Waals surface area contributed by atoms with E-state index < -0.39 is 4.92 Å². The van der Waals surface area contributed by atoms with Crippen molar-refractivity contribution in [2.24, 2.45) is 0 Å². The predicted molar refractivity (Wildman–Crippen MR) is 89.2 cm³/mol. The van der Waals surface area contributed by atoms with E-state index in [2.05, 4.69) is 5.32 Å². The van der Waals surface area contributed by atoms with Crippen LogP contribution >= 0.6 is 11.3 Å². The monoisotopic (exact) mass is 334 g/mol. The lowest BCUT2D eigenvalue weighted by molar-refractivity contribution is -0.385. The highest BCUT2D eigenvalue weighted by molar-refractivity contribution is 7.10. The number of rotatable bonds is 6. The number of nitro benzene ring substituents is 1.